The minimum atomic E-state index is -0.362. The van der Waals surface area contributed by atoms with Crippen molar-refractivity contribution in [2.75, 3.05) is 0 Å². The van der Waals surface area contributed by atoms with E-state index in [-0.39, 0.29) is 40.8 Å². The summed E-state index contributed by atoms with van der Waals surface area (Å²) in [6, 6.07) is 5.00. The molecule has 0 saturated heterocycles. The summed E-state index contributed by atoms with van der Waals surface area (Å²) >= 11 is 0. The fourth-order valence-electron chi connectivity index (χ4n) is 5.56. The first-order valence-electron chi connectivity index (χ1n) is 8.69. The maximum absolute atomic E-state index is 12.6. The second-order valence-electron chi connectivity index (χ2n) is 7.96. The predicted molar refractivity (Wildman–Crippen MR) is 86.6 cm³/mol. The van der Waals surface area contributed by atoms with E-state index in [9.17, 15) is 14.8 Å². The van der Waals surface area contributed by atoms with Gasteiger partial charge in [-0.25, -0.2) is 0 Å². The van der Waals surface area contributed by atoms with Crippen molar-refractivity contribution in [3.05, 3.63) is 34.8 Å². The van der Waals surface area contributed by atoms with E-state index in [1.54, 1.807) is 25.1 Å². The average molecular weight is 329 g/mol. The zero-order valence-corrected chi connectivity index (χ0v) is 13.8. The minimum absolute atomic E-state index is 0.0436. The lowest BCUT2D eigenvalue weighted by Crippen LogP contribution is -2.62. The normalized spacial score (nSPS) is 36.5. The molecule has 0 radical (unpaired) electrons. The highest BCUT2D eigenvalue weighted by molar-refractivity contribution is 5.91. The van der Waals surface area contributed by atoms with Crippen molar-refractivity contribution in [3.63, 3.8) is 0 Å². The van der Waals surface area contributed by atoms with Gasteiger partial charge >= 0.3 is 5.91 Å². The number of carbonyl (C=O) groups is 2. The molecule has 2 unspecified atom stereocenters. The molecule has 4 aliphatic rings. The summed E-state index contributed by atoms with van der Waals surface area (Å²) < 4.78 is 0.677. The van der Waals surface area contributed by atoms with Crippen LogP contribution in [0.5, 0.6) is 0 Å². The van der Waals surface area contributed by atoms with Crippen molar-refractivity contribution in [2.24, 2.45) is 28.9 Å². The molecule has 6 nitrogen and oxygen atoms in total. The standard InChI is InChI=1S/C18H23N3O3/c1-10-3-2-4-14(21(10)24)16(22)20-15-12-5-11-6-13(15)9-18(7-11,8-12)17(19)23/h2-4,11-13,15H,5-9H2,1H3,(H2,19,23)(H,20,22). The molecule has 0 spiro atoms. The lowest BCUT2D eigenvalue weighted by molar-refractivity contribution is -0.614. The van der Waals surface area contributed by atoms with Gasteiger partial charge in [-0.3, -0.25) is 9.59 Å². The van der Waals surface area contributed by atoms with Gasteiger partial charge < -0.3 is 16.3 Å². The molecule has 1 heterocycles. The maximum Gasteiger partial charge on any atom is 0.317 e. The smallest absolute Gasteiger partial charge is 0.317 e. The fourth-order valence-corrected chi connectivity index (χ4v) is 5.56. The van der Waals surface area contributed by atoms with Crippen molar-refractivity contribution in [1.29, 1.82) is 0 Å². The zero-order chi connectivity index (χ0) is 17.1. The van der Waals surface area contributed by atoms with Gasteiger partial charge in [-0.2, -0.15) is 4.73 Å². The maximum atomic E-state index is 12.6. The van der Waals surface area contributed by atoms with Crippen LogP contribution in [-0.2, 0) is 4.79 Å². The van der Waals surface area contributed by atoms with Crippen LogP contribution in [0.4, 0.5) is 0 Å². The van der Waals surface area contributed by atoms with Crippen molar-refractivity contribution >= 4 is 11.8 Å². The van der Waals surface area contributed by atoms with Gasteiger partial charge in [0.05, 0.1) is 0 Å². The molecule has 2 amide bonds. The molecule has 4 bridgehead atoms. The predicted octanol–water partition coefficient (Wildman–Crippen LogP) is 1.04. The summed E-state index contributed by atoms with van der Waals surface area (Å²) in [4.78, 5) is 24.6. The first-order valence-corrected chi connectivity index (χ1v) is 8.69. The molecule has 0 aromatic carbocycles. The van der Waals surface area contributed by atoms with E-state index in [0.29, 0.717) is 16.3 Å². The first kappa shape index (κ1) is 15.4. The number of pyridine rings is 1. The van der Waals surface area contributed by atoms with Gasteiger partial charge in [0.25, 0.3) is 5.69 Å². The van der Waals surface area contributed by atoms with Crippen LogP contribution in [0.1, 0.15) is 48.3 Å². The van der Waals surface area contributed by atoms with Crippen LogP contribution in [0.25, 0.3) is 0 Å². The quantitative estimate of drug-likeness (QED) is 0.640. The summed E-state index contributed by atoms with van der Waals surface area (Å²) in [7, 11) is 0. The number of carbonyl (C=O) groups excluding carboxylic acids is 2. The number of amides is 2. The number of nitrogens with zero attached hydrogens (tertiary/aromatic N) is 1. The average Bonchev–Trinajstić information content (AvgIpc) is 2.52. The number of hydrogen-bond acceptors (Lipinski definition) is 3. The number of nitrogens with one attached hydrogen (secondary N) is 1. The fraction of sp³-hybridized carbons (Fsp3) is 0.611. The van der Waals surface area contributed by atoms with Gasteiger partial charge in [-0.1, -0.05) is 0 Å². The third-order valence-corrected chi connectivity index (χ3v) is 6.46. The van der Waals surface area contributed by atoms with Crippen LogP contribution in [0.3, 0.4) is 0 Å². The third-order valence-electron chi connectivity index (χ3n) is 6.46. The van der Waals surface area contributed by atoms with Crippen LogP contribution in [-0.4, -0.2) is 17.9 Å². The number of primary amides is 1. The minimum Gasteiger partial charge on any atom is -0.618 e. The molecule has 4 saturated carbocycles. The van der Waals surface area contributed by atoms with Gasteiger partial charge in [-0.05, 0) is 55.9 Å². The Labute approximate surface area is 141 Å². The van der Waals surface area contributed by atoms with E-state index >= 15 is 0 Å². The van der Waals surface area contributed by atoms with Crippen LogP contribution in [0.2, 0.25) is 0 Å². The molecular formula is C18H23N3O3. The molecule has 1 aromatic rings. The van der Waals surface area contributed by atoms with Crippen LogP contribution in [0, 0.1) is 35.3 Å². The molecule has 24 heavy (non-hydrogen) atoms. The second-order valence-corrected chi connectivity index (χ2v) is 7.96. The van der Waals surface area contributed by atoms with E-state index in [4.69, 9.17) is 5.73 Å². The molecule has 5 rings (SSSR count). The molecular weight excluding hydrogens is 306 g/mol. The van der Waals surface area contributed by atoms with Gasteiger partial charge in [0.2, 0.25) is 5.91 Å². The van der Waals surface area contributed by atoms with Crippen LogP contribution in [0.15, 0.2) is 18.2 Å². The molecule has 2 atom stereocenters. The Kier molecular flexibility index (Phi) is 3.34. The molecule has 4 fully saturated rings. The molecule has 0 aliphatic heterocycles. The Morgan fingerprint density at radius 2 is 1.92 bits per heavy atom. The van der Waals surface area contributed by atoms with Gasteiger partial charge in [0.1, 0.15) is 0 Å². The number of rotatable bonds is 3. The summed E-state index contributed by atoms with van der Waals surface area (Å²) in [6.07, 6.45) is 4.54. The molecule has 4 aliphatic carbocycles. The Morgan fingerprint density at radius 3 is 2.54 bits per heavy atom. The zero-order valence-electron chi connectivity index (χ0n) is 13.8. The molecule has 128 valence electrons. The summed E-state index contributed by atoms with van der Waals surface area (Å²) in [6.45, 7) is 1.68. The second kappa shape index (κ2) is 5.19. The van der Waals surface area contributed by atoms with E-state index < -0.39 is 0 Å². The number of aromatic nitrogens is 1. The third kappa shape index (κ3) is 2.19. The SMILES string of the molecule is Cc1cccc(C(=O)NC2C3CC4CC2CC(C(N)=O)(C4)C3)[n+]1[O-]. The summed E-state index contributed by atoms with van der Waals surface area (Å²) in [5.74, 6) is 0.629. The van der Waals surface area contributed by atoms with Crippen LogP contribution < -0.4 is 15.8 Å². The first-order chi connectivity index (χ1) is 11.4. The summed E-state index contributed by atoms with van der Waals surface area (Å²) in [5.41, 5.74) is 5.97. The number of aryl methyl sites for hydroxylation is 1. The Bertz CT molecular complexity index is 701. The van der Waals surface area contributed by atoms with Gasteiger partial charge in [0.15, 0.2) is 5.69 Å². The van der Waals surface area contributed by atoms with Gasteiger partial charge in [-0.15, -0.1) is 0 Å². The van der Waals surface area contributed by atoms with Crippen molar-refractivity contribution < 1.29 is 14.3 Å². The van der Waals surface area contributed by atoms with E-state index in [0.717, 1.165) is 32.1 Å². The van der Waals surface area contributed by atoms with Crippen molar-refractivity contribution in [1.82, 2.24) is 5.32 Å². The molecule has 1 aromatic heterocycles. The lowest BCUT2D eigenvalue weighted by atomic mass is 9.47. The Morgan fingerprint density at radius 1 is 1.25 bits per heavy atom. The molecule has 6 heteroatoms. The monoisotopic (exact) mass is 329 g/mol. The largest absolute Gasteiger partial charge is 0.618 e. The van der Waals surface area contributed by atoms with E-state index in [1.165, 1.54) is 0 Å². The highest BCUT2D eigenvalue weighted by Gasteiger charge is 2.58. The van der Waals surface area contributed by atoms with Crippen LogP contribution >= 0.6 is 0 Å². The number of hydrogen-bond donors (Lipinski definition) is 2. The van der Waals surface area contributed by atoms with Crippen molar-refractivity contribution in [3.8, 4) is 0 Å². The van der Waals surface area contributed by atoms with Crippen molar-refractivity contribution in [2.45, 2.75) is 45.1 Å². The highest BCUT2D eigenvalue weighted by atomic mass is 16.5. The van der Waals surface area contributed by atoms with Gasteiger partial charge in [0, 0.05) is 30.5 Å². The Hall–Kier alpha value is -2.11. The number of nitrogens with two attached hydrogens (primary N) is 1. The highest BCUT2D eigenvalue weighted by Crippen LogP contribution is 2.59. The Balaban J connectivity index is 1.55. The lowest BCUT2D eigenvalue weighted by Gasteiger charge is -2.58. The topological polar surface area (TPSA) is 99.1 Å². The van der Waals surface area contributed by atoms with E-state index in [1.807, 2.05) is 0 Å². The van der Waals surface area contributed by atoms with E-state index in [2.05, 4.69) is 5.32 Å². The molecule has 3 N–H and O–H groups in total. The summed E-state index contributed by atoms with van der Waals surface area (Å²) in [5, 5.41) is 15.2.